The highest BCUT2D eigenvalue weighted by Gasteiger charge is 2.14. The molecule has 0 saturated carbocycles. The first-order valence-electron chi connectivity index (χ1n) is 7.34. The van der Waals surface area contributed by atoms with Gasteiger partial charge in [-0.2, -0.15) is 0 Å². The molecule has 0 radical (unpaired) electrons. The number of hydrogen-bond acceptors (Lipinski definition) is 3. The fourth-order valence-corrected chi connectivity index (χ4v) is 1.71. The zero-order valence-electron chi connectivity index (χ0n) is 12.9. The first-order valence-corrected chi connectivity index (χ1v) is 7.34. The molecule has 2 heterocycles. The first kappa shape index (κ1) is 16.9. The minimum Gasteiger partial charge on any atom is -0.341 e. The van der Waals surface area contributed by atoms with Gasteiger partial charge in [0.15, 0.2) is 0 Å². The molecular weight excluding hydrogens is 222 g/mol. The van der Waals surface area contributed by atoms with Crippen molar-refractivity contribution in [3.05, 3.63) is 18.0 Å². The molecule has 0 spiro atoms. The number of aromatic nitrogens is 2. The summed E-state index contributed by atoms with van der Waals surface area (Å²) in [7, 11) is 0. The lowest BCUT2D eigenvalue weighted by Gasteiger charge is -2.15. The largest absolute Gasteiger partial charge is 0.341 e. The van der Waals surface area contributed by atoms with Crippen LogP contribution in [0.5, 0.6) is 0 Å². The number of nitrogens with zero attached hydrogens (tertiary/aromatic N) is 3. The molecule has 0 N–H and O–H groups in total. The normalized spacial score (nSPS) is 13.6. The first-order chi connectivity index (χ1) is 8.77. The topological polar surface area (TPSA) is 29.0 Å². The maximum atomic E-state index is 4.40. The Kier molecular flexibility index (Phi) is 9.25. The summed E-state index contributed by atoms with van der Waals surface area (Å²) in [5.41, 5.74) is 1.22. The van der Waals surface area contributed by atoms with Gasteiger partial charge in [-0.1, -0.05) is 41.5 Å². The second kappa shape index (κ2) is 9.86. The minimum atomic E-state index is 0.516. The molecule has 1 aliphatic rings. The van der Waals surface area contributed by atoms with Crippen LogP contribution < -0.4 is 4.90 Å². The predicted molar refractivity (Wildman–Crippen MR) is 80.3 cm³/mol. The zero-order chi connectivity index (χ0) is 14.0. The Balaban J connectivity index is 0.000000659. The van der Waals surface area contributed by atoms with Crippen LogP contribution >= 0.6 is 0 Å². The van der Waals surface area contributed by atoms with E-state index in [0.717, 1.165) is 19.0 Å². The molecule has 3 heteroatoms. The second-order valence-electron chi connectivity index (χ2n) is 4.17. The van der Waals surface area contributed by atoms with Crippen LogP contribution in [-0.2, 0) is 0 Å². The maximum absolute atomic E-state index is 4.40. The van der Waals surface area contributed by atoms with E-state index in [1.807, 2.05) is 40.1 Å². The van der Waals surface area contributed by atoms with E-state index < -0.39 is 0 Å². The molecule has 0 aromatic carbocycles. The van der Waals surface area contributed by atoms with Crippen molar-refractivity contribution in [2.24, 2.45) is 0 Å². The molecule has 2 rings (SSSR count). The van der Waals surface area contributed by atoms with Crippen LogP contribution in [0, 0.1) is 0 Å². The fraction of sp³-hybridized carbons (Fsp3) is 0.733. The summed E-state index contributed by atoms with van der Waals surface area (Å²) in [6.45, 7) is 14.5. The van der Waals surface area contributed by atoms with Gasteiger partial charge in [-0.15, -0.1) is 0 Å². The van der Waals surface area contributed by atoms with Gasteiger partial charge in [-0.05, 0) is 24.3 Å². The third-order valence-corrected chi connectivity index (χ3v) is 2.71. The van der Waals surface area contributed by atoms with E-state index in [9.17, 15) is 0 Å². The minimum absolute atomic E-state index is 0.516. The van der Waals surface area contributed by atoms with Crippen molar-refractivity contribution in [2.75, 3.05) is 18.0 Å². The van der Waals surface area contributed by atoms with Gasteiger partial charge in [-0.25, -0.2) is 9.97 Å². The summed E-state index contributed by atoms with van der Waals surface area (Å²) in [5, 5.41) is 0. The van der Waals surface area contributed by atoms with E-state index in [1.165, 1.54) is 18.4 Å². The van der Waals surface area contributed by atoms with E-state index in [0.29, 0.717) is 5.92 Å². The molecular formula is C15H29N3. The Morgan fingerprint density at radius 2 is 1.39 bits per heavy atom. The molecule has 0 amide bonds. The molecule has 3 nitrogen and oxygen atoms in total. The van der Waals surface area contributed by atoms with Crippen LogP contribution in [0.3, 0.4) is 0 Å². The van der Waals surface area contributed by atoms with Crippen LogP contribution in [0.15, 0.2) is 12.4 Å². The van der Waals surface area contributed by atoms with Crippen molar-refractivity contribution >= 4 is 5.95 Å². The van der Waals surface area contributed by atoms with Gasteiger partial charge in [0.2, 0.25) is 5.95 Å². The molecule has 1 aliphatic heterocycles. The van der Waals surface area contributed by atoms with Crippen LogP contribution in [0.1, 0.15) is 65.9 Å². The summed E-state index contributed by atoms with van der Waals surface area (Å²) in [5.74, 6) is 1.41. The molecule has 0 bridgehead atoms. The van der Waals surface area contributed by atoms with Crippen LogP contribution in [0.25, 0.3) is 0 Å². The van der Waals surface area contributed by atoms with Crippen molar-refractivity contribution in [3.63, 3.8) is 0 Å². The van der Waals surface area contributed by atoms with Gasteiger partial charge in [-0.3, -0.25) is 0 Å². The van der Waals surface area contributed by atoms with Gasteiger partial charge >= 0.3 is 0 Å². The van der Waals surface area contributed by atoms with E-state index in [-0.39, 0.29) is 0 Å². The lowest BCUT2D eigenvalue weighted by Crippen LogP contribution is -2.20. The number of anilines is 1. The van der Waals surface area contributed by atoms with Crippen LogP contribution in [0.2, 0.25) is 0 Å². The zero-order valence-corrected chi connectivity index (χ0v) is 12.9. The van der Waals surface area contributed by atoms with E-state index in [4.69, 9.17) is 0 Å². The highest BCUT2D eigenvalue weighted by Crippen LogP contribution is 2.17. The van der Waals surface area contributed by atoms with Crippen LogP contribution in [0.4, 0.5) is 5.95 Å². The molecule has 1 saturated heterocycles. The standard InChI is InChI=1S/C11H17N3.2C2H6/c1-9(2)10-7-12-11(13-8-10)14-5-3-4-6-14;2*1-2/h7-9H,3-6H2,1-2H3;2*1-2H3. The van der Waals surface area contributed by atoms with Crippen molar-refractivity contribution in [1.82, 2.24) is 9.97 Å². The maximum Gasteiger partial charge on any atom is 0.225 e. The highest BCUT2D eigenvalue weighted by atomic mass is 15.3. The monoisotopic (exact) mass is 251 g/mol. The summed E-state index contributed by atoms with van der Waals surface area (Å²) in [6.07, 6.45) is 6.45. The Hall–Kier alpha value is -1.12. The smallest absolute Gasteiger partial charge is 0.225 e. The Morgan fingerprint density at radius 1 is 0.944 bits per heavy atom. The molecule has 0 atom stereocenters. The summed E-state index contributed by atoms with van der Waals surface area (Å²) >= 11 is 0. The lowest BCUT2D eigenvalue weighted by atomic mass is 10.1. The molecule has 18 heavy (non-hydrogen) atoms. The Labute approximate surface area is 113 Å². The molecule has 1 fully saturated rings. The van der Waals surface area contributed by atoms with Gasteiger partial charge in [0.05, 0.1) is 0 Å². The van der Waals surface area contributed by atoms with E-state index in [2.05, 4.69) is 28.7 Å². The highest BCUT2D eigenvalue weighted by molar-refractivity contribution is 5.31. The van der Waals surface area contributed by atoms with E-state index in [1.54, 1.807) is 0 Å². The average molecular weight is 251 g/mol. The third-order valence-electron chi connectivity index (χ3n) is 2.71. The summed E-state index contributed by atoms with van der Waals surface area (Å²) < 4.78 is 0. The summed E-state index contributed by atoms with van der Waals surface area (Å²) in [6, 6.07) is 0. The van der Waals surface area contributed by atoms with Crippen molar-refractivity contribution < 1.29 is 0 Å². The van der Waals surface area contributed by atoms with Gasteiger partial charge in [0.1, 0.15) is 0 Å². The number of hydrogen-bond donors (Lipinski definition) is 0. The average Bonchev–Trinajstić information content (AvgIpc) is 2.97. The second-order valence-corrected chi connectivity index (χ2v) is 4.17. The lowest BCUT2D eigenvalue weighted by molar-refractivity contribution is 0.829. The predicted octanol–water partition coefficient (Wildman–Crippen LogP) is 4.25. The third kappa shape index (κ3) is 5.03. The molecule has 104 valence electrons. The van der Waals surface area contributed by atoms with Crippen molar-refractivity contribution in [3.8, 4) is 0 Å². The van der Waals surface area contributed by atoms with Gasteiger partial charge in [0, 0.05) is 25.5 Å². The van der Waals surface area contributed by atoms with Gasteiger partial charge < -0.3 is 4.90 Å². The van der Waals surface area contributed by atoms with E-state index >= 15 is 0 Å². The molecule has 0 aliphatic carbocycles. The quantitative estimate of drug-likeness (QED) is 0.786. The number of rotatable bonds is 2. The van der Waals surface area contributed by atoms with Crippen molar-refractivity contribution in [1.29, 1.82) is 0 Å². The Bertz CT molecular complexity index is 287. The molecule has 0 unspecified atom stereocenters. The SMILES string of the molecule is CC.CC.CC(C)c1cnc(N2CCCC2)nc1. The van der Waals surface area contributed by atoms with Crippen molar-refractivity contribution in [2.45, 2.75) is 60.3 Å². The molecule has 1 aromatic rings. The van der Waals surface area contributed by atoms with Crippen LogP contribution in [-0.4, -0.2) is 23.1 Å². The Morgan fingerprint density at radius 3 is 1.78 bits per heavy atom. The molecule has 1 aromatic heterocycles. The fourth-order valence-electron chi connectivity index (χ4n) is 1.71. The van der Waals surface area contributed by atoms with Gasteiger partial charge in [0.25, 0.3) is 0 Å². The summed E-state index contributed by atoms with van der Waals surface area (Å²) in [4.78, 5) is 11.0.